The summed E-state index contributed by atoms with van der Waals surface area (Å²) < 4.78 is 24.0. The standard InChI is InChI=1S/C9H7Br2NO3S2/c10-6-3-7(16-8(6)11)9(13)12-5-1-2-17(14,15)4-5/h1-3,5H,4H2,(H,12,13). The Bertz CT molecular complexity index is 572. The molecule has 0 aromatic carbocycles. The van der Waals surface area contributed by atoms with Gasteiger partial charge in [0.1, 0.15) is 0 Å². The number of hydrogen-bond acceptors (Lipinski definition) is 4. The van der Waals surface area contributed by atoms with Crippen molar-refractivity contribution in [3.8, 4) is 0 Å². The second-order valence-corrected chi connectivity index (χ2v) is 8.63. The Kier molecular flexibility index (Phi) is 3.77. The molecule has 1 unspecified atom stereocenters. The molecule has 0 spiro atoms. The van der Waals surface area contributed by atoms with Gasteiger partial charge in [-0.15, -0.1) is 11.3 Å². The fourth-order valence-corrected chi connectivity index (χ4v) is 4.54. The molecule has 2 heterocycles. The van der Waals surface area contributed by atoms with Gasteiger partial charge in [-0.3, -0.25) is 4.79 Å². The van der Waals surface area contributed by atoms with Crippen LogP contribution in [0.25, 0.3) is 0 Å². The quantitative estimate of drug-likeness (QED) is 0.828. The topological polar surface area (TPSA) is 63.2 Å². The molecule has 0 radical (unpaired) electrons. The number of sulfone groups is 1. The third-order valence-electron chi connectivity index (χ3n) is 2.12. The van der Waals surface area contributed by atoms with Gasteiger partial charge in [0.2, 0.25) is 0 Å². The molecule has 0 saturated carbocycles. The molecule has 2 rings (SSSR count). The Morgan fingerprint density at radius 2 is 2.18 bits per heavy atom. The minimum atomic E-state index is -3.14. The van der Waals surface area contributed by atoms with Crippen LogP contribution in [0.2, 0.25) is 0 Å². The van der Waals surface area contributed by atoms with E-state index in [1.54, 1.807) is 6.07 Å². The molecule has 1 amide bonds. The van der Waals surface area contributed by atoms with E-state index in [2.05, 4.69) is 37.2 Å². The fourth-order valence-electron chi connectivity index (χ4n) is 1.36. The molecule has 0 bridgehead atoms. The van der Waals surface area contributed by atoms with E-state index in [0.29, 0.717) is 4.88 Å². The molecule has 4 nitrogen and oxygen atoms in total. The smallest absolute Gasteiger partial charge is 0.261 e. The monoisotopic (exact) mass is 399 g/mol. The molecule has 0 fully saturated rings. The van der Waals surface area contributed by atoms with Crippen molar-refractivity contribution in [2.45, 2.75) is 6.04 Å². The van der Waals surface area contributed by atoms with E-state index in [-0.39, 0.29) is 11.7 Å². The lowest BCUT2D eigenvalue weighted by molar-refractivity contribution is 0.0951. The average Bonchev–Trinajstić information content (AvgIpc) is 2.71. The van der Waals surface area contributed by atoms with Crippen LogP contribution in [0.5, 0.6) is 0 Å². The minimum absolute atomic E-state index is 0.0630. The molecule has 17 heavy (non-hydrogen) atoms. The summed E-state index contributed by atoms with van der Waals surface area (Å²) >= 11 is 7.88. The van der Waals surface area contributed by atoms with Crippen molar-refractivity contribution in [2.24, 2.45) is 0 Å². The Balaban J connectivity index is 2.06. The maximum absolute atomic E-state index is 11.8. The van der Waals surface area contributed by atoms with Crippen LogP contribution in [0.4, 0.5) is 0 Å². The molecule has 0 aliphatic carbocycles. The summed E-state index contributed by atoms with van der Waals surface area (Å²) in [6.45, 7) is 0. The maximum Gasteiger partial charge on any atom is 0.261 e. The van der Waals surface area contributed by atoms with E-state index in [9.17, 15) is 13.2 Å². The number of rotatable bonds is 2. The van der Waals surface area contributed by atoms with Crippen molar-refractivity contribution in [3.05, 3.63) is 30.7 Å². The second kappa shape index (κ2) is 4.83. The van der Waals surface area contributed by atoms with Crippen LogP contribution in [0.15, 0.2) is 25.8 Å². The van der Waals surface area contributed by atoms with Crippen LogP contribution in [-0.2, 0) is 9.84 Å². The first-order chi connectivity index (χ1) is 7.87. The van der Waals surface area contributed by atoms with E-state index in [1.807, 2.05) is 0 Å². The highest BCUT2D eigenvalue weighted by atomic mass is 79.9. The molecule has 1 atom stereocenters. The minimum Gasteiger partial charge on any atom is -0.344 e. The zero-order valence-corrected chi connectivity index (χ0v) is 13.1. The summed E-state index contributed by atoms with van der Waals surface area (Å²) in [5, 5.41) is 3.79. The van der Waals surface area contributed by atoms with Gasteiger partial charge >= 0.3 is 0 Å². The Morgan fingerprint density at radius 1 is 1.47 bits per heavy atom. The number of thiophene rings is 1. The molecule has 1 aromatic heterocycles. The molecule has 1 N–H and O–H groups in total. The Morgan fingerprint density at radius 3 is 2.65 bits per heavy atom. The largest absolute Gasteiger partial charge is 0.344 e. The number of amides is 1. The van der Waals surface area contributed by atoms with E-state index in [1.165, 1.54) is 17.4 Å². The molecular formula is C9H7Br2NO3S2. The molecule has 8 heteroatoms. The third-order valence-corrected chi connectivity index (χ3v) is 6.77. The number of halogens is 2. The Labute approximate surface area is 119 Å². The van der Waals surface area contributed by atoms with Gasteiger partial charge in [-0.1, -0.05) is 0 Å². The number of carbonyl (C=O) groups excluding carboxylic acids is 1. The fraction of sp³-hybridized carbons (Fsp3) is 0.222. The van der Waals surface area contributed by atoms with Gasteiger partial charge in [0.15, 0.2) is 9.84 Å². The average molecular weight is 401 g/mol. The number of hydrogen-bond donors (Lipinski definition) is 1. The van der Waals surface area contributed by atoms with Crippen LogP contribution in [-0.4, -0.2) is 26.1 Å². The lowest BCUT2D eigenvalue weighted by Gasteiger charge is -2.08. The predicted molar refractivity (Wildman–Crippen MR) is 73.9 cm³/mol. The highest BCUT2D eigenvalue weighted by molar-refractivity contribution is 9.13. The van der Waals surface area contributed by atoms with Crippen LogP contribution >= 0.6 is 43.2 Å². The van der Waals surface area contributed by atoms with Crippen LogP contribution in [0.3, 0.4) is 0 Å². The zero-order chi connectivity index (χ0) is 12.6. The molecule has 1 aliphatic rings. The van der Waals surface area contributed by atoms with Crippen molar-refractivity contribution in [1.82, 2.24) is 5.32 Å². The van der Waals surface area contributed by atoms with E-state index < -0.39 is 15.9 Å². The van der Waals surface area contributed by atoms with Crippen LogP contribution in [0.1, 0.15) is 9.67 Å². The van der Waals surface area contributed by atoms with Crippen molar-refractivity contribution in [3.63, 3.8) is 0 Å². The van der Waals surface area contributed by atoms with Crippen molar-refractivity contribution in [1.29, 1.82) is 0 Å². The lowest BCUT2D eigenvalue weighted by Crippen LogP contribution is -2.35. The van der Waals surface area contributed by atoms with E-state index in [0.717, 1.165) is 13.7 Å². The summed E-state index contributed by atoms with van der Waals surface area (Å²) in [7, 11) is -3.14. The molecule has 1 aliphatic heterocycles. The molecule has 92 valence electrons. The van der Waals surface area contributed by atoms with Gasteiger partial charge in [-0.2, -0.15) is 0 Å². The summed E-state index contributed by atoms with van der Waals surface area (Å²) in [4.78, 5) is 12.3. The molecule has 0 saturated heterocycles. The van der Waals surface area contributed by atoms with Gasteiger partial charge in [0.05, 0.1) is 20.5 Å². The van der Waals surface area contributed by atoms with Crippen LogP contribution in [0, 0.1) is 0 Å². The lowest BCUT2D eigenvalue weighted by atomic mass is 10.3. The van der Waals surface area contributed by atoms with Gasteiger partial charge < -0.3 is 5.32 Å². The maximum atomic E-state index is 11.8. The predicted octanol–water partition coefficient (Wildman–Crippen LogP) is 2.31. The van der Waals surface area contributed by atoms with Gasteiger partial charge in [-0.05, 0) is 44.0 Å². The molecular weight excluding hydrogens is 394 g/mol. The van der Waals surface area contributed by atoms with E-state index >= 15 is 0 Å². The van der Waals surface area contributed by atoms with Crippen molar-refractivity contribution < 1.29 is 13.2 Å². The Hall–Kier alpha value is -0.180. The zero-order valence-electron chi connectivity index (χ0n) is 8.31. The number of carbonyl (C=O) groups is 1. The summed E-state index contributed by atoms with van der Waals surface area (Å²) in [6.07, 6.45) is 1.49. The van der Waals surface area contributed by atoms with Crippen molar-refractivity contribution in [2.75, 3.05) is 5.75 Å². The SMILES string of the molecule is O=C(NC1C=CS(=O)(=O)C1)c1cc(Br)c(Br)s1. The highest BCUT2D eigenvalue weighted by Crippen LogP contribution is 2.32. The third kappa shape index (κ3) is 3.18. The normalized spacial score (nSPS) is 21.6. The highest BCUT2D eigenvalue weighted by Gasteiger charge is 2.24. The van der Waals surface area contributed by atoms with Crippen LogP contribution < -0.4 is 5.32 Å². The van der Waals surface area contributed by atoms with Gasteiger partial charge in [0.25, 0.3) is 5.91 Å². The first-order valence-electron chi connectivity index (χ1n) is 4.54. The second-order valence-electron chi connectivity index (χ2n) is 3.47. The van der Waals surface area contributed by atoms with Crippen molar-refractivity contribution >= 4 is 58.9 Å². The summed E-state index contributed by atoms with van der Waals surface area (Å²) in [5.41, 5.74) is 0. The number of nitrogens with one attached hydrogen (secondary N) is 1. The summed E-state index contributed by atoms with van der Waals surface area (Å²) in [6, 6.07) is 1.25. The van der Waals surface area contributed by atoms with Gasteiger partial charge in [0, 0.05) is 9.88 Å². The summed E-state index contributed by atoms with van der Waals surface area (Å²) in [5.74, 6) is -0.333. The van der Waals surface area contributed by atoms with Gasteiger partial charge in [-0.25, -0.2) is 8.42 Å². The first-order valence-corrected chi connectivity index (χ1v) is 8.66. The molecule has 1 aromatic rings. The van der Waals surface area contributed by atoms with E-state index in [4.69, 9.17) is 0 Å². The first kappa shape index (κ1) is 13.3.